The number of carbonyl (C=O) groups is 1. The van der Waals surface area contributed by atoms with Crippen LogP contribution in [0.25, 0.3) is 0 Å². The minimum absolute atomic E-state index is 0.0993. The molecule has 0 aliphatic carbocycles. The molecular weight excluding hydrogens is 288 g/mol. The normalized spacial score (nSPS) is 10.5. The van der Waals surface area contributed by atoms with Gasteiger partial charge in [-0.3, -0.25) is 9.78 Å². The molecule has 0 aliphatic rings. The fourth-order valence-corrected chi connectivity index (χ4v) is 2.31. The molecule has 116 valence electrons. The summed E-state index contributed by atoms with van der Waals surface area (Å²) in [6.07, 6.45) is 3.22. The molecule has 3 rings (SSSR count). The molecule has 0 atom stereocenters. The van der Waals surface area contributed by atoms with Crippen LogP contribution in [0, 0.1) is 13.8 Å². The smallest absolute Gasteiger partial charge is 0.260 e. The Balaban J connectivity index is 1.95. The fourth-order valence-electron chi connectivity index (χ4n) is 2.31. The van der Waals surface area contributed by atoms with Crippen LogP contribution < -0.4 is 4.90 Å². The first kappa shape index (κ1) is 15.0. The lowest BCUT2D eigenvalue weighted by molar-refractivity contribution is 0.0983. The number of benzene rings is 1. The molecule has 23 heavy (non-hydrogen) atoms. The highest BCUT2D eigenvalue weighted by Gasteiger charge is 2.19. The summed E-state index contributed by atoms with van der Waals surface area (Å²) >= 11 is 0. The van der Waals surface area contributed by atoms with Gasteiger partial charge in [-0.1, -0.05) is 17.7 Å². The van der Waals surface area contributed by atoms with Gasteiger partial charge < -0.3 is 9.32 Å². The number of pyridine rings is 1. The van der Waals surface area contributed by atoms with Gasteiger partial charge in [0.2, 0.25) is 0 Å². The van der Waals surface area contributed by atoms with Gasteiger partial charge in [0.15, 0.2) is 0 Å². The van der Waals surface area contributed by atoms with E-state index in [0.717, 1.165) is 22.7 Å². The first-order valence-electron chi connectivity index (χ1n) is 7.47. The number of nitrogens with zero attached hydrogens (tertiary/aromatic N) is 2. The van der Waals surface area contributed by atoms with Crippen LogP contribution in [-0.4, -0.2) is 10.9 Å². The number of furan rings is 1. The molecule has 0 N–H and O–H groups in total. The van der Waals surface area contributed by atoms with E-state index in [4.69, 9.17) is 4.42 Å². The summed E-state index contributed by atoms with van der Waals surface area (Å²) in [6.45, 7) is 4.30. The van der Waals surface area contributed by atoms with Gasteiger partial charge in [-0.15, -0.1) is 0 Å². The van der Waals surface area contributed by atoms with E-state index in [1.54, 1.807) is 23.4 Å². The van der Waals surface area contributed by atoms with Crippen LogP contribution in [0.15, 0.2) is 65.4 Å². The van der Waals surface area contributed by atoms with Crippen LogP contribution in [0.1, 0.15) is 27.4 Å². The molecule has 0 unspecified atom stereocenters. The zero-order valence-corrected chi connectivity index (χ0v) is 13.2. The first-order valence-corrected chi connectivity index (χ1v) is 7.47. The van der Waals surface area contributed by atoms with Gasteiger partial charge in [0, 0.05) is 17.6 Å². The molecule has 2 heterocycles. The lowest BCUT2D eigenvalue weighted by atomic mass is 10.1. The van der Waals surface area contributed by atoms with Gasteiger partial charge in [-0.2, -0.15) is 0 Å². The molecule has 0 radical (unpaired) electrons. The second-order valence-electron chi connectivity index (χ2n) is 5.49. The lowest BCUT2D eigenvalue weighted by Crippen LogP contribution is -2.30. The highest BCUT2D eigenvalue weighted by Crippen LogP contribution is 2.21. The first-order chi connectivity index (χ1) is 11.1. The largest absolute Gasteiger partial charge is 0.467 e. The molecule has 0 aliphatic heterocycles. The summed E-state index contributed by atoms with van der Waals surface area (Å²) < 4.78 is 5.40. The summed E-state index contributed by atoms with van der Waals surface area (Å²) in [5.41, 5.74) is 3.42. The second-order valence-corrected chi connectivity index (χ2v) is 5.49. The summed E-state index contributed by atoms with van der Waals surface area (Å²) in [5.74, 6) is 0.636. The van der Waals surface area contributed by atoms with Crippen molar-refractivity contribution in [2.24, 2.45) is 0 Å². The summed E-state index contributed by atoms with van der Waals surface area (Å²) in [5, 5.41) is 0. The SMILES string of the molecule is Cc1ccc(N(Cc2ccco2)C(=O)c2ccc(C)nc2)cc1. The van der Waals surface area contributed by atoms with E-state index < -0.39 is 0 Å². The zero-order chi connectivity index (χ0) is 16.2. The van der Waals surface area contributed by atoms with Gasteiger partial charge >= 0.3 is 0 Å². The molecule has 0 fully saturated rings. The Labute approximate surface area is 135 Å². The van der Waals surface area contributed by atoms with Crippen molar-refractivity contribution in [3.05, 3.63) is 83.6 Å². The minimum Gasteiger partial charge on any atom is -0.467 e. The zero-order valence-electron chi connectivity index (χ0n) is 13.2. The number of hydrogen-bond acceptors (Lipinski definition) is 3. The predicted octanol–water partition coefficient (Wildman–Crippen LogP) is 4.14. The molecule has 4 heteroatoms. The van der Waals surface area contributed by atoms with E-state index >= 15 is 0 Å². The number of aryl methyl sites for hydroxylation is 2. The average Bonchev–Trinajstić information content (AvgIpc) is 3.07. The van der Waals surface area contributed by atoms with Gasteiger partial charge in [-0.05, 0) is 50.2 Å². The van der Waals surface area contributed by atoms with Crippen molar-refractivity contribution in [1.82, 2.24) is 4.98 Å². The number of hydrogen-bond donors (Lipinski definition) is 0. The quantitative estimate of drug-likeness (QED) is 0.728. The number of rotatable bonds is 4. The Morgan fingerprint density at radius 3 is 2.48 bits per heavy atom. The molecule has 1 amide bonds. The third-order valence-electron chi connectivity index (χ3n) is 3.64. The van der Waals surface area contributed by atoms with Crippen LogP contribution in [0.4, 0.5) is 5.69 Å². The van der Waals surface area contributed by atoms with E-state index in [9.17, 15) is 4.79 Å². The van der Waals surface area contributed by atoms with Crippen molar-refractivity contribution in [3.8, 4) is 0 Å². The Bertz CT molecular complexity index is 775. The molecule has 0 spiro atoms. The van der Waals surface area contributed by atoms with Gasteiger partial charge in [0.25, 0.3) is 5.91 Å². The molecule has 1 aromatic carbocycles. The number of anilines is 1. The Morgan fingerprint density at radius 1 is 1.09 bits per heavy atom. The van der Waals surface area contributed by atoms with E-state index in [1.165, 1.54) is 0 Å². The summed E-state index contributed by atoms with van der Waals surface area (Å²) in [4.78, 5) is 18.8. The maximum Gasteiger partial charge on any atom is 0.260 e. The Hall–Kier alpha value is -2.88. The standard InChI is InChI=1S/C19H18N2O2/c1-14-5-9-17(10-6-14)21(13-18-4-3-11-23-18)19(22)16-8-7-15(2)20-12-16/h3-12H,13H2,1-2H3. The molecule has 4 nitrogen and oxygen atoms in total. The summed E-state index contributed by atoms with van der Waals surface area (Å²) in [7, 11) is 0. The predicted molar refractivity (Wildman–Crippen MR) is 89.4 cm³/mol. The fraction of sp³-hybridized carbons (Fsp3) is 0.158. The molecule has 0 bridgehead atoms. The van der Waals surface area contributed by atoms with Gasteiger partial charge in [-0.25, -0.2) is 0 Å². The highest BCUT2D eigenvalue weighted by molar-refractivity contribution is 6.05. The van der Waals surface area contributed by atoms with Crippen molar-refractivity contribution in [2.75, 3.05) is 4.90 Å². The van der Waals surface area contributed by atoms with Crippen molar-refractivity contribution in [1.29, 1.82) is 0 Å². The van der Waals surface area contributed by atoms with Gasteiger partial charge in [0.1, 0.15) is 5.76 Å². The van der Waals surface area contributed by atoms with E-state index in [2.05, 4.69) is 4.98 Å². The number of aromatic nitrogens is 1. The minimum atomic E-state index is -0.0993. The van der Waals surface area contributed by atoms with Crippen LogP contribution in [0.3, 0.4) is 0 Å². The lowest BCUT2D eigenvalue weighted by Gasteiger charge is -2.22. The molecule has 3 aromatic rings. The van der Waals surface area contributed by atoms with E-state index in [-0.39, 0.29) is 5.91 Å². The number of carbonyl (C=O) groups excluding carboxylic acids is 1. The van der Waals surface area contributed by atoms with E-state index in [1.807, 2.05) is 56.3 Å². The Kier molecular flexibility index (Phi) is 4.24. The van der Waals surface area contributed by atoms with Crippen LogP contribution in [-0.2, 0) is 6.54 Å². The maximum atomic E-state index is 12.9. The van der Waals surface area contributed by atoms with Crippen LogP contribution in [0.5, 0.6) is 0 Å². The van der Waals surface area contributed by atoms with Crippen LogP contribution in [0.2, 0.25) is 0 Å². The van der Waals surface area contributed by atoms with Crippen molar-refractivity contribution >= 4 is 11.6 Å². The number of amides is 1. The van der Waals surface area contributed by atoms with Crippen molar-refractivity contribution < 1.29 is 9.21 Å². The second kappa shape index (κ2) is 6.48. The molecule has 2 aromatic heterocycles. The average molecular weight is 306 g/mol. The monoisotopic (exact) mass is 306 g/mol. The third kappa shape index (κ3) is 3.48. The molecule has 0 saturated carbocycles. The third-order valence-corrected chi connectivity index (χ3v) is 3.64. The molecule has 0 saturated heterocycles. The van der Waals surface area contributed by atoms with Crippen LogP contribution >= 0.6 is 0 Å². The highest BCUT2D eigenvalue weighted by atomic mass is 16.3. The van der Waals surface area contributed by atoms with Crippen molar-refractivity contribution in [2.45, 2.75) is 20.4 Å². The summed E-state index contributed by atoms with van der Waals surface area (Å²) in [6, 6.07) is 15.2. The van der Waals surface area contributed by atoms with Gasteiger partial charge in [0.05, 0.1) is 18.4 Å². The van der Waals surface area contributed by atoms with Crippen molar-refractivity contribution in [3.63, 3.8) is 0 Å². The molecular formula is C19H18N2O2. The topological polar surface area (TPSA) is 46.3 Å². The van der Waals surface area contributed by atoms with E-state index in [0.29, 0.717) is 12.1 Å². The Morgan fingerprint density at radius 2 is 1.87 bits per heavy atom. The maximum absolute atomic E-state index is 12.9.